The molecule has 0 aliphatic carbocycles. The number of ether oxygens (including phenoxy) is 2. The number of hydrogen-bond donors (Lipinski definition) is 0. The van der Waals surface area contributed by atoms with E-state index in [2.05, 4.69) is 20.7 Å². The molecule has 0 saturated carbocycles. The summed E-state index contributed by atoms with van der Waals surface area (Å²) in [4.78, 5) is 22.6. The maximum absolute atomic E-state index is 11.6. The molecule has 1 aromatic rings. The topological polar surface area (TPSA) is 52.6 Å². The molecule has 0 aliphatic rings. The number of methoxy groups -OCH3 is 2. The summed E-state index contributed by atoms with van der Waals surface area (Å²) < 4.78 is 10.6. The van der Waals surface area contributed by atoms with Crippen molar-refractivity contribution in [1.82, 2.24) is 0 Å². The highest BCUT2D eigenvalue weighted by Gasteiger charge is 2.09. The number of rotatable bonds is 7. The van der Waals surface area contributed by atoms with E-state index in [0.717, 1.165) is 15.8 Å². The highest BCUT2D eigenvalue weighted by Crippen LogP contribution is 2.23. The Bertz CT molecular complexity index is 457. The van der Waals surface area contributed by atoms with Gasteiger partial charge in [-0.05, 0) is 30.2 Å². The molecule has 0 bridgehead atoms. The molecule has 0 aliphatic heterocycles. The van der Waals surface area contributed by atoms with Crippen molar-refractivity contribution in [3.8, 4) is 5.75 Å². The summed E-state index contributed by atoms with van der Waals surface area (Å²) in [5.74, 6) is 0.469. The van der Waals surface area contributed by atoms with Crippen LogP contribution in [-0.4, -0.2) is 26.0 Å². The van der Waals surface area contributed by atoms with E-state index in [1.165, 1.54) is 7.11 Å². The Kier molecular flexibility index (Phi) is 6.56. The van der Waals surface area contributed by atoms with Gasteiger partial charge in [0.2, 0.25) is 0 Å². The molecular formula is C14H17BrO4. The van der Waals surface area contributed by atoms with Crippen LogP contribution in [0.25, 0.3) is 0 Å². The number of ketones is 1. The molecule has 104 valence electrons. The van der Waals surface area contributed by atoms with Crippen LogP contribution in [0.1, 0.15) is 24.8 Å². The van der Waals surface area contributed by atoms with Gasteiger partial charge in [0.05, 0.1) is 20.6 Å². The van der Waals surface area contributed by atoms with E-state index in [1.54, 1.807) is 7.11 Å². The van der Waals surface area contributed by atoms with Gasteiger partial charge in [0.25, 0.3) is 0 Å². The standard InChI is InChI=1S/C14H17BrO4/c1-18-12-6-7-13(15)10(9-12)3-4-11(16)5-8-14(17)19-2/h6-7,9H,3-5,8H2,1-2H3. The number of esters is 1. The summed E-state index contributed by atoms with van der Waals surface area (Å²) in [7, 11) is 2.93. The van der Waals surface area contributed by atoms with E-state index < -0.39 is 0 Å². The first-order valence-corrected chi connectivity index (χ1v) is 6.77. The van der Waals surface area contributed by atoms with Gasteiger partial charge in [0.1, 0.15) is 11.5 Å². The van der Waals surface area contributed by atoms with E-state index in [9.17, 15) is 9.59 Å². The molecule has 0 amide bonds. The number of halogens is 1. The van der Waals surface area contributed by atoms with Crippen LogP contribution in [0.15, 0.2) is 22.7 Å². The molecule has 0 saturated heterocycles. The zero-order chi connectivity index (χ0) is 14.3. The van der Waals surface area contributed by atoms with Crippen molar-refractivity contribution in [3.05, 3.63) is 28.2 Å². The molecule has 5 heteroatoms. The lowest BCUT2D eigenvalue weighted by Crippen LogP contribution is -2.06. The third-order valence-electron chi connectivity index (χ3n) is 2.76. The van der Waals surface area contributed by atoms with E-state index in [-0.39, 0.29) is 24.6 Å². The summed E-state index contributed by atoms with van der Waals surface area (Å²) in [5, 5.41) is 0. The van der Waals surface area contributed by atoms with Crippen LogP contribution in [0.2, 0.25) is 0 Å². The van der Waals surface area contributed by atoms with E-state index >= 15 is 0 Å². The maximum Gasteiger partial charge on any atom is 0.305 e. The van der Waals surface area contributed by atoms with Crippen molar-refractivity contribution in [2.75, 3.05) is 14.2 Å². The van der Waals surface area contributed by atoms with Crippen LogP contribution in [0.3, 0.4) is 0 Å². The molecular weight excluding hydrogens is 312 g/mol. The molecule has 0 radical (unpaired) electrons. The van der Waals surface area contributed by atoms with Crippen LogP contribution in [0.5, 0.6) is 5.75 Å². The zero-order valence-electron chi connectivity index (χ0n) is 11.1. The average Bonchev–Trinajstić information content (AvgIpc) is 2.43. The first-order valence-electron chi connectivity index (χ1n) is 5.97. The second-order valence-electron chi connectivity index (χ2n) is 4.07. The largest absolute Gasteiger partial charge is 0.497 e. The molecule has 0 fully saturated rings. The van der Waals surface area contributed by atoms with Gasteiger partial charge in [0, 0.05) is 17.3 Å². The van der Waals surface area contributed by atoms with Crippen LogP contribution in [0.4, 0.5) is 0 Å². The predicted octanol–water partition coefficient (Wildman–Crippen LogP) is 2.91. The number of carbonyl (C=O) groups is 2. The number of aryl methyl sites for hydroxylation is 1. The number of benzene rings is 1. The van der Waals surface area contributed by atoms with Crippen LogP contribution >= 0.6 is 15.9 Å². The maximum atomic E-state index is 11.6. The first-order chi connectivity index (χ1) is 9.06. The number of carbonyl (C=O) groups excluding carboxylic acids is 2. The van der Waals surface area contributed by atoms with Crippen LogP contribution in [0, 0.1) is 0 Å². The summed E-state index contributed by atoms with van der Waals surface area (Å²) in [5.41, 5.74) is 1.02. The quantitative estimate of drug-likeness (QED) is 0.722. The molecule has 0 N–H and O–H groups in total. The predicted molar refractivity (Wildman–Crippen MR) is 75.3 cm³/mol. The van der Waals surface area contributed by atoms with Crippen molar-refractivity contribution >= 4 is 27.7 Å². The molecule has 4 nitrogen and oxygen atoms in total. The van der Waals surface area contributed by atoms with Gasteiger partial charge in [-0.15, -0.1) is 0 Å². The molecule has 0 unspecified atom stereocenters. The Morgan fingerprint density at radius 1 is 1.16 bits per heavy atom. The second kappa shape index (κ2) is 7.94. The van der Waals surface area contributed by atoms with Crippen LogP contribution < -0.4 is 4.74 Å². The molecule has 0 aromatic heterocycles. The zero-order valence-corrected chi connectivity index (χ0v) is 12.7. The van der Waals surface area contributed by atoms with Crippen LogP contribution in [-0.2, 0) is 20.7 Å². The SMILES string of the molecule is COC(=O)CCC(=O)CCc1cc(OC)ccc1Br. The van der Waals surface area contributed by atoms with E-state index in [4.69, 9.17) is 4.74 Å². The van der Waals surface area contributed by atoms with Gasteiger partial charge in [0.15, 0.2) is 0 Å². The summed E-state index contributed by atoms with van der Waals surface area (Å²) in [6.45, 7) is 0. The van der Waals surface area contributed by atoms with Crippen molar-refractivity contribution in [2.45, 2.75) is 25.7 Å². The third kappa shape index (κ3) is 5.42. The Balaban J connectivity index is 2.47. The monoisotopic (exact) mass is 328 g/mol. The van der Waals surface area contributed by atoms with E-state index in [1.807, 2.05) is 18.2 Å². The molecule has 19 heavy (non-hydrogen) atoms. The first kappa shape index (κ1) is 15.7. The molecule has 0 heterocycles. The van der Waals surface area contributed by atoms with Gasteiger partial charge in [-0.2, -0.15) is 0 Å². The van der Waals surface area contributed by atoms with Gasteiger partial charge in [-0.25, -0.2) is 0 Å². The van der Waals surface area contributed by atoms with Gasteiger partial charge in [-0.1, -0.05) is 15.9 Å². The molecule has 0 atom stereocenters. The normalized spacial score (nSPS) is 10.1. The summed E-state index contributed by atoms with van der Waals surface area (Å²) in [6.07, 6.45) is 1.41. The van der Waals surface area contributed by atoms with Crippen molar-refractivity contribution in [2.24, 2.45) is 0 Å². The average molecular weight is 329 g/mol. The minimum atomic E-state index is -0.351. The minimum Gasteiger partial charge on any atom is -0.497 e. The lowest BCUT2D eigenvalue weighted by atomic mass is 10.0. The van der Waals surface area contributed by atoms with Crippen molar-refractivity contribution in [3.63, 3.8) is 0 Å². The highest BCUT2D eigenvalue weighted by molar-refractivity contribution is 9.10. The highest BCUT2D eigenvalue weighted by atomic mass is 79.9. The fraction of sp³-hybridized carbons (Fsp3) is 0.429. The Hall–Kier alpha value is -1.36. The Morgan fingerprint density at radius 3 is 2.53 bits per heavy atom. The second-order valence-corrected chi connectivity index (χ2v) is 4.93. The molecule has 0 spiro atoms. The van der Waals surface area contributed by atoms with Crippen molar-refractivity contribution in [1.29, 1.82) is 0 Å². The Morgan fingerprint density at radius 2 is 1.89 bits per heavy atom. The smallest absolute Gasteiger partial charge is 0.305 e. The lowest BCUT2D eigenvalue weighted by molar-refractivity contribution is -0.141. The third-order valence-corrected chi connectivity index (χ3v) is 3.54. The number of hydrogen-bond acceptors (Lipinski definition) is 4. The summed E-state index contributed by atoms with van der Waals surface area (Å²) >= 11 is 3.44. The fourth-order valence-corrected chi connectivity index (χ4v) is 2.06. The minimum absolute atomic E-state index is 0.0557. The van der Waals surface area contributed by atoms with Gasteiger partial charge < -0.3 is 9.47 Å². The lowest BCUT2D eigenvalue weighted by Gasteiger charge is -2.07. The van der Waals surface area contributed by atoms with Gasteiger partial charge >= 0.3 is 5.97 Å². The molecule has 1 aromatic carbocycles. The Labute approximate surface area is 121 Å². The summed E-state index contributed by atoms with van der Waals surface area (Å²) in [6, 6.07) is 5.65. The molecule has 1 rings (SSSR count). The van der Waals surface area contributed by atoms with Gasteiger partial charge in [-0.3, -0.25) is 9.59 Å². The fourth-order valence-electron chi connectivity index (χ4n) is 1.61. The van der Waals surface area contributed by atoms with Crippen molar-refractivity contribution < 1.29 is 19.1 Å². The number of Topliss-reactive ketones (excluding diaryl/α,β-unsaturated/α-hetero) is 1. The van der Waals surface area contributed by atoms with E-state index in [0.29, 0.717) is 12.8 Å².